The van der Waals surface area contributed by atoms with E-state index >= 15 is 0 Å². The summed E-state index contributed by atoms with van der Waals surface area (Å²) >= 11 is 2.93. The molecule has 0 aliphatic rings. The fraction of sp³-hybridized carbons (Fsp3) is 0.250. The maximum absolute atomic E-state index is 11.3. The minimum atomic E-state index is -0.650. The molecule has 0 aliphatic heterocycles. The fourth-order valence-corrected chi connectivity index (χ4v) is 1.23. The monoisotopic (exact) mass is 274 g/mol. The lowest BCUT2D eigenvalue weighted by Gasteiger charge is -2.02. The third kappa shape index (κ3) is 2.50. The molecular weight excluding hydrogens is 268 g/mol. The van der Waals surface area contributed by atoms with Gasteiger partial charge in [-0.05, 0) is 0 Å². The Hall–Kier alpha value is -1.50. The number of carbonyl (C=O) groups excluding carboxylic acids is 1. The first-order valence-electron chi connectivity index (χ1n) is 3.88. The van der Waals surface area contributed by atoms with Crippen LogP contribution in [0.2, 0.25) is 0 Å². The smallest absolute Gasteiger partial charge is 0.298 e. The van der Waals surface area contributed by atoms with Crippen molar-refractivity contribution in [3.63, 3.8) is 0 Å². The lowest BCUT2D eigenvalue weighted by Crippen LogP contribution is -2.08. The fourth-order valence-electron chi connectivity index (χ4n) is 0.963. The number of Topliss-reactive ketones (excluding diaryl/α,β-unsaturated/α-hetero) is 1. The number of hydrogen-bond donors (Lipinski definition) is 0. The van der Waals surface area contributed by atoms with E-state index in [0.717, 1.165) is 0 Å². The number of methoxy groups -OCH3 is 1. The van der Waals surface area contributed by atoms with Crippen LogP contribution >= 0.6 is 15.9 Å². The van der Waals surface area contributed by atoms with Crippen molar-refractivity contribution >= 4 is 27.4 Å². The van der Waals surface area contributed by atoms with Gasteiger partial charge >= 0.3 is 0 Å². The SMILES string of the molecule is COc1ccc([N+](=O)[O-])c(C(=O)CBr)n1. The average molecular weight is 275 g/mol. The molecule has 0 bridgehead atoms. The summed E-state index contributed by atoms with van der Waals surface area (Å²) in [5.74, 6) is -0.287. The highest BCUT2D eigenvalue weighted by Gasteiger charge is 2.21. The van der Waals surface area contributed by atoms with Crippen LogP contribution in [0.4, 0.5) is 5.69 Å². The molecule has 1 heterocycles. The predicted octanol–water partition coefficient (Wildman–Crippen LogP) is 1.58. The Labute approximate surface area is 93.5 Å². The number of ketones is 1. The Morgan fingerprint density at radius 2 is 2.33 bits per heavy atom. The third-order valence-electron chi connectivity index (χ3n) is 1.64. The van der Waals surface area contributed by atoms with Gasteiger partial charge in [0.2, 0.25) is 5.88 Å². The summed E-state index contributed by atoms with van der Waals surface area (Å²) in [6.45, 7) is 0. The third-order valence-corrected chi connectivity index (χ3v) is 2.15. The van der Waals surface area contributed by atoms with E-state index in [1.807, 2.05) is 0 Å². The van der Waals surface area contributed by atoms with Crippen molar-refractivity contribution in [2.45, 2.75) is 0 Å². The number of hydrogen-bond acceptors (Lipinski definition) is 5. The van der Waals surface area contributed by atoms with Crippen molar-refractivity contribution in [2.75, 3.05) is 12.4 Å². The highest BCUT2D eigenvalue weighted by Crippen LogP contribution is 2.20. The molecule has 0 saturated heterocycles. The summed E-state index contributed by atoms with van der Waals surface area (Å²) < 4.78 is 4.78. The van der Waals surface area contributed by atoms with Crippen LogP contribution in [0.3, 0.4) is 0 Å². The molecule has 0 atom stereocenters. The van der Waals surface area contributed by atoms with Crippen LogP contribution in [0.1, 0.15) is 10.5 Å². The van der Waals surface area contributed by atoms with E-state index in [-0.39, 0.29) is 22.6 Å². The van der Waals surface area contributed by atoms with E-state index in [4.69, 9.17) is 4.74 Å². The number of pyridine rings is 1. The minimum absolute atomic E-state index is 0.0198. The van der Waals surface area contributed by atoms with Gasteiger partial charge < -0.3 is 4.74 Å². The van der Waals surface area contributed by atoms with Crippen molar-refractivity contribution in [1.29, 1.82) is 0 Å². The van der Waals surface area contributed by atoms with Crippen LogP contribution in [-0.4, -0.2) is 28.1 Å². The molecule has 0 radical (unpaired) electrons. The van der Waals surface area contributed by atoms with Crippen LogP contribution in [-0.2, 0) is 0 Å². The molecule has 0 unspecified atom stereocenters. The molecular formula is C8H7BrN2O4. The first-order valence-corrected chi connectivity index (χ1v) is 5.01. The molecule has 0 N–H and O–H groups in total. The standard InChI is InChI=1S/C8H7BrN2O4/c1-15-7-3-2-5(11(13)14)8(10-7)6(12)4-9/h2-3H,4H2,1H3. The highest BCUT2D eigenvalue weighted by molar-refractivity contribution is 9.09. The van der Waals surface area contributed by atoms with Gasteiger partial charge in [0, 0.05) is 12.1 Å². The molecule has 0 amide bonds. The van der Waals surface area contributed by atoms with Crippen molar-refractivity contribution in [2.24, 2.45) is 0 Å². The number of alkyl halides is 1. The molecule has 1 aromatic heterocycles. The van der Waals surface area contributed by atoms with Gasteiger partial charge in [0.1, 0.15) is 0 Å². The van der Waals surface area contributed by atoms with Crippen molar-refractivity contribution < 1.29 is 14.5 Å². The average Bonchev–Trinajstić information content (AvgIpc) is 2.26. The molecule has 1 rings (SSSR count). The van der Waals surface area contributed by atoms with Gasteiger partial charge in [0.05, 0.1) is 17.4 Å². The summed E-state index contributed by atoms with van der Waals surface area (Å²) in [7, 11) is 1.37. The van der Waals surface area contributed by atoms with E-state index in [2.05, 4.69) is 20.9 Å². The first kappa shape index (κ1) is 11.6. The van der Waals surface area contributed by atoms with Crippen LogP contribution in [0.25, 0.3) is 0 Å². The molecule has 1 aromatic rings. The van der Waals surface area contributed by atoms with Crippen LogP contribution in [0, 0.1) is 10.1 Å². The van der Waals surface area contributed by atoms with E-state index in [1.54, 1.807) is 0 Å². The lowest BCUT2D eigenvalue weighted by atomic mass is 10.2. The molecule has 0 saturated carbocycles. The topological polar surface area (TPSA) is 82.3 Å². The van der Waals surface area contributed by atoms with Crippen molar-refractivity contribution in [3.05, 3.63) is 27.9 Å². The van der Waals surface area contributed by atoms with Gasteiger partial charge in [0.15, 0.2) is 11.5 Å². The van der Waals surface area contributed by atoms with E-state index in [9.17, 15) is 14.9 Å². The lowest BCUT2D eigenvalue weighted by molar-refractivity contribution is -0.385. The maximum Gasteiger partial charge on any atom is 0.298 e. The van der Waals surface area contributed by atoms with Crippen molar-refractivity contribution in [3.8, 4) is 5.88 Å². The van der Waals surface area contributed by atoms with Gasteiger partial charge in [-0.15, -0.1) is 0 Å². The van der Waals surface area contributed by atoms with Gasteiger partial charge in [-0.25, -0.2) is 4.98 Å². The molecule has 0 aromatic carbocycles. The van der Waals surface area contributed by atoms with Crippen LogP contribution in [0.5, 0.6) is 5.88 Å². The second-order valence-electron chi connectivity index (χ2n) is 2.54. The number of nitro groups is 1. The number of nitrogens with zero attached hydrogens (tertiary/aromatic N) is 2. The second-order valence-corrected chi connectivity index (χ2v) is 3.10. The molecule has 0 aliphatic carbocycles. The Bertz CT molecular complexity index is 408. The van der Waals surface area contributed by atoms with Gasteiger partial charge in [-0.1, -0.05) is 15.9 Å². The Kier molecular flexibility index (Phi) is 3.73. The predicted molar refractivity (Wildman–Crippen MR) is 55.6 cm³/mol. The van der Waals surface area contributed by atoms with E-state index in [1.165, 1.54) is 19.2 Å². The summed E-state index contributed by atoms with van der Waals surface area (Å²) in [5.41, 5.74) is -0.517. The molecule has 15 heavy (non-hydrogen) atoms. The van der Waals surface area contributed by atoms with E-state index < -0.39 is 10.7 Å². The molecule has 6 nitrogen and oxygen atoms in total. The number of halogens is 1. The number of ether oxygens (including phenoxy) is 1. The maximum atomic E-state index is 11.3. The molecule has 80 valence electrons. The zero-order chi connectivity index (χ0) is 11.4. The summed E-state index contributed by atoms with van der Waals surface area (Å²) in [4.78, 5) is 25.0. The Morgan fingerprint density at radius 3 is 2.80 bits per heavy atom. The normalized spacial score (nSPS) is 9.73. The molecule has 0 spiro atoms. The summed E-state index contributed by atoms with van der Waals surface area (Å²) in [6, 6.07) is 2.53. The number of carbonyl (C=O) groups is 1. The number of rotatable bonds is 4. The Morgan fingerprint density at radius 1 is 1.67 bits per heavy atom. The van der Waals surface area contributed by atoms with Crippen LogP contribution in [0.15, 0.2) is 12.1 Å². The van der Waals surface area contributed by atoms with Gasteiger partial charge in [-0.2, -0.15) is 0 Å². The molecule has 0 fully saturated rings. The first-order chi connectivity index (χ1) is 7.10. The number of aromatic nitrogens is 1. The van der Waals surface area contributed by atoms with Gasteiger partial charge in [0.25, 0.3) is 5.69 Å². The van der Waals surface area contributed by atoms with Crippen molar-refractivity contribution in [1.82, 2.24) is 4.98 Å². The van der Waals surface area contributed by atoms with Gasteiger partial charge in [-0.3, -0.25) is 14.9 Å². The highest BCUT2D eigenvalue weighted by atomic mass is 79.9. The van der Waals surface area contributed by atoms with E-state index in [0.29, 0.717) is 0 Å². The second kappa shape index (κ2) is 4.83. The zero-order valence-electron chi connectivity index (χ0n) is 7.77. The summed E-state index contributed by atoms with van der Waals surface area (Å²) in [5, 5.41) is 10.6. The molecule has 7 heteroatoms. The largest absolute Gasteiger partial charge is 0.481 e. The quantitative estimate of drug-likeness (QED) is 0.360. The Balaban J connectivity index is 3.28. The minimum Gasteiger partial charge on any atom is -0.481 e. The zero-order valence-corrected chi connectivity index (χ0v) is 9.35. The summed E-state index contributed by atoms with van der Waals surface area (Å²) in [6.07, 6.45) is 0. The van der Waals surface area contributed by atoms with Crippen LogP contribution < -0.4 is 4.74 Å².